The number of aryl methyl sites for hydroxylation is 2. The summed E-state index contributed by atoms with van der Waals surface area (Å²) in [7, 11) is 0. The summed E-state index contributed by atoms with van der Waals surface area (Å²) in [5.41, 5.74) is 4.60. The average molecular weight is 309 g/mol. The van der Waals surface area contributed by atoms with Crippen molar-refractivity contribution in [1.82, 2.24) is 14.6 Å². The van der Waals surface area contributed by atoms with E-state index in [-0.39, 0.29) is 5.97 Å². The van der Waals surface area contributed by atoms with Crippen molar-refractivity contribution in [3.8, 4) is 0 Å². The molecule has 0 N–H and O–H groups in total. The van der Waals surface area contributed by atoms with Gasteiger partial charge >= 0.3 is 5.97 Å². The number of hydrogen-bond acceptors (Lipinski definition) is 4. The maximum Gasteiger partial charge on any atom is 0.343 e. The smallest absolute Gasteiger partial charge is 0.343 e. The molecule has 0 aliphatic carbocycles. The zero-order valence-electron chi connectivity index (χ0n) is 13.5. The van der Waals surface area contributed by atoms with Gasteiger partial charge in [0.15, 0.2) is 5.65 Å². The summed E-state index contributed by atoms with van der Waals surface area (Å²) in [6, 6.07) is 11.9. The topological polar surface area (TPSA) is 56.5 Å². The summed E-state index contributed by atoms with van der Waals surface area (Å²) in [5, 5.41) is 4.61. The molecule has 3 aromatic rings. The van der Waals surface area contributed by atoms with Crippen molar-refractivity contribution in [2.45, 2.75) is 27.2 Å². The van der Waals surface area contributed by atoms with Gasteiger partial charge in [-0.15, -0.1) is 0 Å². The van der Waals surface area contributed by atoms with E-state index in [1.165, 1.54) is 0 Å². The van der Waals surface area contributed by atoms with Crippen LogP contribution in [-0.2, 0) is 11.2 Å². The zero-order chi connectivity index (χ0) is 16.4. The molecule has 0 bridgehead atoms. The van der Waals surface area contributed by atoms with Gasteiger partial charge in [-0.25, -0.2) is 14.3 Å². The Bertz CT molecular complexity index is 854. The number of ether oxygens (including phenoxy) is 1. The van der Waals surface area contributed by atoms with Gasteiger partial charge in [0.25, 0.3) is 0 Å². The van der Waals surface area contributed by atoms with E-state index in [2.05, 4.69) is 10.1 Å². The molecule has 0 saturated carbocycles. The Morgan fingerprint density at radius 2 is 1.96 bits per heavy atom. The van der Waals surface area contributed by atoms with Gasteiger partial charge in [0.2, 0.25) is 0 Å². The molecule has 0 aliphatic rings. The van der Waals surface area contributed by atoms with Gasteiger partial charge < -0.3 is 4.74 Å². The Kier molecular flexibility index (Phi) is 4.10. The molecular formula is C18H19N3O2. The molecule has 0 atom stereocenters. The average Bonchev–Trinajstić information content (AvgIpc) is 2.87. The third-order valence-corrected chi connectivity index (χ3v) is 3.66. The minimum atomic E-state index is -0.370. The van der Waals surface area contributed by atoms with E-state index in [0.29, 0.717) is 29.9 Å². The summed E-state index contributed by atoms with van der Waals surface area (Å²) >= 11 is 0. The van der Waals surface area contributed by atoms with Crippen LogP contribution in [0.3, 0.4) is 0 Å². The SMILES string of the molecule is CCOC(=O)c1c(Cc2ccccc2)nn2c(C)cc(C)nc12. The van der Waals surface area contributed by atoms with Crippen LogP contribution in [0.25, 0.3) is 5.65 Å². The summed E-state index contributed by atoms with van der Waals surface area (Å²) in [6.45, 7) is 5.98. The first-order valence-corrected chi connectivity index (χ1v) is 7.67. The highest BCUT2D eigenvalue weighted by atomic mass is 16.5. The fraction of sp³-hybridized carbons (Fsp3) is 0.278. The van der Waals surface area contributed by atoms with Crippen molar-refractivity contribution in [2.24, 2.45) is 0 Å². The van der Waals surface area contributed by atoms with Crippen LogP contribution in [0.15, 0.2) is 36.4 Å². The van der Waals surface area contributed by atoms with E-state index >= 15 is 0 Å². The fourth-order valence-electron chi connectivity index (χ4n) is 2.69. The molecule has 1 aromatic carbocycles. The molecular weight excluding hydrogens is 290 g/mol. The molecule has 0 radical (unpaired) electrons. The molecule has 2 heterocycles. The molecule has 0 saturated heterocycles. The first-order valence-electron chi connectivity index (χ1n) is 7.67. The standard InChI is InChI=1S/C18H19N3O2/c1-4-23-18(22)16-15(11-14-8-6-5-7-9-14)20-21-13(3)10-12(2)19-17(16)21/h5-10H,4,11H2,1-3H3. The Morgan fingerprint density at radius 3 is 2.65 bits per heavy atom. The zero-order valence-corrected chi connectivity index (χ0v) is 13.5. The maximum absolute atomic E-state index is 12.4. The second-order valence-electron chi connectivity index (χ2n) is 5.48. The number of nitrogens with zero attached hydrogens (tertiary/aromatic N) is 3. The van der Waals surface area contributed by atoms with E-state index in [4.69, 9.17) is 4.74 Å². The van der Waals surface area contributed by atoms with Crippen LogP contribution in [-0.4, -0.2) is 27.2 Å². The summed E-state index contributed by atoms with van der Waals surface area (Å²) in [6.07, 6.45) is 0.566. The molecule has 2 aromatic heterocycles. The van der Waals surface area contributed by atoms with E-state index in [0.717, 1.165) is 17.0 Å². The molecule has 118 valence electrons. The second kappa shape index (κ2) is 6.20. The number of esters is 1. The van der Waals surface area contributed by atoms with Crippen LogP contribution in [0.5, 0.6) is 0 Å². The Labute approximate surface area is 134 Å². The van der Waals surface area contributed by atoms with Crippen LogP contribution >= 0.6 is 0 Å². The number of carbonyl (C=O) groups excluding carboxylic acids is 1. The van der Waals surface area contributed by atoms with Crippen LogP contribution in [0.2, 0.25) is 0 Å². The normalized spacial score (nSPS) is 10.9. The van der Waals surface area contributed by atoms with Crippen molar-refractivity contribution in [3.63, 3.8) is 0 Å². The number of carbonyl (C=O) groups is 1. The molecule has 0 amide bonds. The van der Waals surface area contributed by atoms with E-state index in [1.54, 1.807) is 11.4 Å². The van der Waals surface area contributed by atoms with Gasteiger partial charge in [-0.1, -0.05) is 30.3 Å². The molecule has 0 fully saturated rings. The largest absolute Gasteiger partial charge is 0.462 e. The molecule has 5 heteroatoms. The van der Waals surface area contributed by atoms with Gasteiger partial charge in [0.1, 0.15) is 5.56 Å². The van der Waals surface area contributed by atoms with Crippen molar-refractivity contribution in [1.29, 1.82) is 0 Å². The molecule has 0 unspecified atom stereocenters. The predicted octanol–water partition coefficient (Wildman–Crippen LogP) is 3.11. The van der Waals surface area contributed by atoms with Crippen LogP contribution < -0.4 is 0 Å². The number of rotatable bonds is 4. The van der Waals surface area contributed by atoms with Crippen molar-refractivity contribution >= 4 is 11.6 Å². The molecule has 23 heavy (non-hydrogen) atoms. The number of benzene rings is 1. The Balaban J connectivity index is 2.17. The number of hydrogen-bond donors (Lipinski definition) is 0. The number of fused-ring (bicyclic) bond motifs is 1. The monoisotopic (exact) mass is 309 g/mol. The van der Waals surface area contributed by atoms with Gasteiger partial charge in [-0.3, -0.25) is 0 Å². The van der Waals surface area contributed by atoms with Gasteiger partial charge in [0.05, 0.1) is 12.3 Å². The molecule has 5 nitrogen and oxygen atoms in total. The van der Waals surface area contributed by atoms with Crippen molar-refractivity contribution < 1.29 is 9.53 Å². The lowest BCUT2D eigenvalue weighted by Gasteiger charge is -2.04. The van der Waals surface area contributed by atoms with Crippen LogP contribution in [0, 0.1) is 13.8 Å². The number of aromatic nitrogens is 3. The summed E-state index contributed by atoms with van der Waals surface area (Å²) in [5.74, 6) is -0.370. The van der Waals surface area contributed by atoms with E-state index < -0.39 is 0 Å². The highest BCUT2D eigenvalue weighted by Gasteiger charge is 2.23. The minimum Gasteiger partial charge on any atom is -0.462 e. The lowest BCUT2D eigenvalue weighted by atomic mass is 10.1. The minimum absolute atomic E-state index is 0.325. The first-order chi connectivity index (χ1) is 11.1. The molecule has 3 rings (SSSR count). The van der Waals surface area contributed by atoms with E-state index in [9.17, 15) is 4.79 Å². The predicted molar refractivity (Wildman–Crippen MR) is 87.7 cm³/mol. The Morgan fingerprint density at radius 1 is 1.22 bits per heavy atom. The quantitative estimate of drug-likeness (QED) is 0.695. The first kappa shape index (κ1) is 15.2. The van der Waals surface area contributed by atoms with Crippen LogP contribution in [0.4, 0.5) is 0 Å². The van der Waals surface area contributed by atoms with Crippen molar-refractivity contribution in [3.05, 3.63) is 64.6 Å². The Hall–Kier alpha value is -2.69. The van der Waals surface area contributed by atoms with Gasteiger partial charge in [0, 0.05) is 17.8 Å². The lowest BCUT2D eigenvalue weighted by molar-refractivity contribution is 0.0527. The van der Waals surface area contributed by atoms with Crippen molar-refractivity contribution in [2.75, 3.05) is 6.61 Å². The third kappa shape index (κ3) is 2.95. The lowest BCUT2D eigenvalue weighted by Crippen LogP contribution is -2.08. The van der Waals surface area contributed by atoms with E-state index in [1.807, 2.05) is 50.2 Å². The summed E-state index contributed by atoms with van der Waals surface area (Å²) in [4.78, 5) is 16.9. The van der Waals surface area contributed by atoms with Gasteiger partial charge in [-0.05, 0) is 32.4 Å². The third-order valence-electron chi connectivity index (χ3n) is 3.66. The molecule has 0 aliphatic heterocycles. The summed E-state index contributed by atoms with van der Waals surface area (Å²) < 4.78 is 6.94. The second-order valence-corrected chi connectivity index (χ2v) is 5.48. The highest BCUT2D eigenvalue weighted by molar-refractivity contribution is 5.97. The fourth-order valence-corrected chi connectivity index (χ4v) is 2.69. The van der Waals surface area contributed by atoms with Crippen LogP contribution in [0.1, 0.15) is 39.9 Å². The maximum atomic E-state index is 12.4. The van der Waals surface area contributed by atoms with Gasteiger partial charge in [-0.2, -0.15) is 5.10 Å². The molecule has 0 spiro atoms. The highest BCUT2D eigenvalue weighted by Crippen LogP contribution is 2.20.